The van der Waals surface area contributed by atoms with Gasteiger partial charge >= 0.3 is 5.97 Å². The predicted molar refractivity (Wildman–Crippen MR) is 105 cm³/mol. The zero-order valence-corrected chi connectivity index (χ0v) is 15.3. The molecule has 3 aromatic rings. The topological polar surface area (TPSA) is 57.2 Å². The van der Waals surface area contributed by atoms with Crippen molar-refractivity contribution in [2.45, 2.75) is 38.5 Å². The number of rotatable bonds is 3. The van der Waals surface area contributed by atoms with Crippen LogP contribution in [0, 0.1) is 6.92 Å². The summed E-state index contributed by atoms with van der Waals surface area (Å²) >= 11 is 0. The molecule has 0 spiro atoms. The minimum atomic E-state index is -0.330. The van der Waals surface area contributed by atoms with Gasteiger partial charge < -0.3 is 10.6 Å². The van der Waals surface area contributed by atoms with E-state index in [-0.39, 0.29) is 5.97 Å². The molecule has 1 heterocycles. The van der Waals surface area contributed by atoms with Gasteiger partial charge in [0.15, 0.2) is 0 Å². The Kier molecular flexibility index (Phi) is 4.19. The zero-order chi connectivity index (χ0) is 18.3. The molecule has 0 bridgehead atoms. The van der Waals surface area contributed by atoms with E-state index < -0.39 is 0 Å². The average Bonchev–Trinajstić information content (AvgIpc) is 3.29. The highest BCUT2D eigenvalue weighted by atomic mass is 16.5. The predicted octanol–water partition coefficient (Wildman–Crippen LogP) is 4.77. The molecular weight excluding hydrogens is 324 g/mol. The number of carbonyl (C=O) groups is 1. The molecule has 4 heteroatoms. The summed E-state index contributed by atoms with van der Waals surface area (Å²) in [5.41, 5.74) is 6.27. The molecule has 4 rings (SSSR count). The smallest absolute Gasteiger partial charge is 0.337 e. The molecule has 0 unspecified atom stereocenters. The normalized spacial score (nSPS) is 14.8. The fourth-order valence-corrected chi connectivity index (χ4v) is 4.23. The minimum absolute atomic E-state index is 0.330. The number of nitrogens with two attached hydrogens (primary N) is 1. The van der Waals surface area contributed by atoms with E-state index in [1.807, 2.05) is 16.8 Å². The van der Waals surface area contributed by atoms with E-state index in [0.717, 1.165) is 16.8 Å². The van der Waals surface area contributed by atoms with E-state index in [1.54, 1.807) is 12.1 Å². The average molecular weight is 348 g/mol. The number of aryl methyl sites for hydroxylation is 1. The number of methoxy groups -OCH3 is 1. The van der Waals surface area contributed by atoms with Crippen molar-refractivity contribution >= 4 is 16.9 Å². The molecule has 2 aromatic carbocycles. The van der Waals surface area contributed by atoms with Crippen molar-refractivity contribution < 1.29 is 9.53 Å². The minimum Gasteiger partial charge on any atom is -0.465 e. The molecule has 0 radical (unpaired) electrons. The maximum absolute atomic E-state index is 11.6. The van der Waals surface area contributed by atoms with Crippen LogP contribution in [0.25, 0.3) is 22.2 Å². The van der Waals surface area contributed by atoms with E-state index in [2.05, 4.69) is 25.1 Å². The van der Waals surface area contributed by atoms with Crippen molar-refractivity contribution in [3.8, 4) is 11.3 Å². The van der Waals surface area contributed by atoms with Crippen molar-refractivity contribution in [1.82, 2.24) is 4.68 Å². The lowest BCUT2D eigenvalue weighted by Crippen LogP contribution is -2.11. The van der Waals surface area contributed by atoms with E-state index in [1.165, 1.54) is 49.3 Å². The van der Waals surface area contributed by atoms with Gasteiger partial charge in [0.1, 0.15) is 0 Å². The van der Waals surface area contributed by atoms with Crippen LogP contribution in [0.5, 0.6) is 0 Å². The van der Waals surface area contributed by atoms with E-state index in [9.17, 15) is 4.79 Å². The first-order valence-corrected chi connectivity index (χ1v) is 9.18. The van der Waals surface area contributed by atoms with Gasteiger partial charge in [0.25, 0.3) is 0 Å². The van der Waals surface area contributed by atoms with Crippen LogP contribution >= 0.6 is 0 Å². The molecule has 0 aliphatic heterocycles. The van der Waals surface area contributed by atoms with Crippen LogP contribution in [0.1, 0.15) is 53.1 Å². The van der Waals surface area contributed by atoms with Crippen LogP contribution in [0.4, 0.5) is 0 Å². The molecule has 2 N–H and O–H groups in total. The number of benzene rings is 2. The molecule has 1 fully saturated rings. The second kappa shape index (κ2) is 6.52. The molecule has 1 aliphatic rings. The van der Waals surface area contributed by atoms with Crippen LogP contribution in [0.3, 0.4) is 0 Å². The maximum atomic E-state index is 11.6. The Labute approximate surface area is 153 Å². The summed E-state index contributed by atoms with van der Waals surface area (Å²) in [5.74, 6) is 6.81. The first kappa shape index (κ1) is 16.7. The highest BCUT2D eigenvalue weighted by molar-refractivity contribution is 5.92. The second-order valence-corrected chi connectivity index (χ2v) is 7.24. The van der Waals surface area contributed by atoms with Gasteiger partial charge in [-0.2, -0.15) is 0 Å². The van der Waals surface area contributed by atoms with Crippen LogP contribution in [-0.2, 0) is 4.74 Å². The quantitative estimate of drug-likeness (QED) is 0.548. The number of ether oxygens (including phenoxy) is 1. The fourth-order valence-electron chi connectivity index (χ4n) is 4.23. The summed E-state index contributed by atoms with van der Waals surface area (Å²) in [4.78, 5) is 11.6. The molecule has 4 nitrogen and oxygen atoms in total. The van der Waals surface area contributed by atoms with Crippen LogP contribution in [0.2, 0.25) is 0 Å². The number of hydrogen-bond donors (Lipinski definition) is 1. The summed E-state index contributed by atoms with van der Waals surface area (Å²) in [6.45, 7) is 2.15. The summed E-state index contributed by atoms with van der Waals surface area (Å²) in [6.07, 6.45) is 5.08. The van der Waals surface area contributed by atoms with Crippen molar-refractivity contribution in [2.24, 2.45) is 0 Å². The Morgan fingerprint density at radius 1 is 1.12 bits per heavy atom. The van der Waals surface area contributed by atoms with Gasteiger partial charge in [-0.3, -0.25) is 4.68 Å². The molecule has 26 heavy (non-hydrogen) atoms. The third-order valence-corrected chi connectivity index (χ3v) is 5.50. The summed E-state index contributed by atoms with van der Waals surface area (Å²) in [7, 11) is 1.39. The Morgan fingerprint density at radius 2 is 1.81 bits per heavy atom. The van der Waals surface area contributed by atoms with Gasteiger partial charge in [-0.25, -0.2) is 4.79 Å². The number of hydrogen-bond acceptors (Lipinski definition) is 3. The lowest BCUT2D eigenvalue weighted by atomic mass is 9.94. The summed E-state index contributed by atoms with van der Waals surface area (Å²) in [5, 5.41) is 1.18. The Balaban J connectivity index is 1.83. The molecule has 1 saturated carbocycles. The second-order valence-electron chi connectivity index (χ2n) is 7.24. The third kappa shape index (κ3) is 2.75. The van der Waals surface area contributed by atoms with Gasteiger partial charge in [-0.05, 0) is 55.5 Å². The molecule has 0 atom stereocenters. The number of carbonyl (C=O) groups excluding carboxylic acids is 1. The Hall–Kier alpha value is -2.75. The molecule has 134 valence electrons. The summed E-state index contributed by atoms with van der Waals surface area (Å²) in [6, 6.07) is 14.0. The molecule has 0 amide bonds. The van der Waals surface area contributed by atoms with Gasteiger partial charge in [-0.15, -0.1) is 0 Å². The highest BCUT2D eigenvalue weighted by Gasteiger charge is 2.22. The fraction of sp³-hybridized carbons (Fsp3) is 0.318. The van der Waals surface area contributed by atoms with E-state index in [0.29, 0.717) is 11.5 Å². The number of fused-ring (bicyclic) bond motifs is 1. The number of aromatic nitrogens is 1. The SMILES string of the molecule is COC(=O)c1ccc(-c2cc3cc(C)cc(C4CCCC4)c3n2N)cc1. The van der Waals surface area contributed by atoms with Gasteiger partial charge in [0.05, 0.1) is 23.9 Å². The van der Waals surface area contributed by atoms with Crippen molar-refractivity contribution in [3.63, 3.8) is 0 Å². The van der Waals surface area contributed by atoms with Crippen molar-refractivity contribution in [2.75, 3.05) is 13.0 Å². The molecular formula is C22H24N2O2. The van der Waals surface area contributed by atoms with Gasteiger partial charge in [-0.1, -0.05) is 36.6 Å². The zero-order valence-electron chi connectivity index (χ0n) is 15.3. The Bertz CT molecular complexity index is 964. The molecule has 1 aliphatic carbocycles. The molecule has 1 aromatic heterocycles. The lowest BCUT2D eigenvalue weighted by Gasteiger charge is -2.14. The first-order chi connectivity index (χ1) is 12.6. The first-order valence-electron chi connectivity index (χ1n) is 9.18. The largest absolute Gasteiger partial charge is 0.465 e. The standard InChI is InChI=1S/C22H24N2O2/c1-14-11-18-13-20(16-7-9-17(10-8-16)22(25)26-2)24(23)21(18)19(12-14)15-5-3-4-6-15/h7-13,15H,3-6,23H2,1-2H3. The van der Waals surface area contributed by atoms with Gasteiger partial charge in [0.2, 0.25) is 0 Å². The van der Waals surface area contributed by atoms with Crippen LogP contribution in [0.15, 0.2) is 42.5 Å². The van der Waals surface area contributed by atoms with Gasteiger partial charge in [0, 0.05) is 10.9 Å². The van der Waals surface area contributed by atoms with Crippen molar-refractivity contribution in [1.29, 1.82) is 0 Å². The number of nitrogens with zero attached hydrogens (tertiary/aromatic N) is 1. The monoisotopic (exact) mass is 348 g/mol. The number of nitrogen functional groups attached to an aromatic ring is 1. The maximum Gasteiger partial charge on any atom is 0.337 e. The number of esters is 1. The van der Waals surface area contributed by atoms with Crippen molar-refractivity contribution in [3.05, 3.63) is 59.2 Å². The van der Waals surface area contributed by atoms with Crippen LogP contribution < -0.4 is 5.84 Å². The Morgan fingerprint density at radius 3 is 2.46 bits per heavy atom. The van der Waals surface area contributed by atoms with E-state index in [4.69, 9.17) is 10.6 Å². The third-order valence-electron chi connectivity index (χ3n) is 5.50. The van der Waals surface area contributed by atoms with E-state index >= 15 is 0 Å². The highest BCUT2D eigenvalue weighted by Crippen LogP contribution is 2.40. The lowest BCUT2D eigenvalue weighted by molar-refractivity contribution is 0.0601. The summed E-state index contributed by atoms with van der Waals surface area (Å²) < 4.78 is 6.59. The molecule has 0 saturated heterocycles. The van der Waals surface area contributed by atoms with Crippen LogP contribution in [-0.4, -0.2) is 17.8 Å².